The van der Waals surface area contributed by atoms with Crippen LogP contribution in [0, 0.1) is 5.82 Å². The van der Waals surface area contributed by atoms with Crippen molar-refractivity contribution in [2.24, 2.45) is 0 Å². The smallest absolute Gasteiger partial charge is 0.230 e. The minimum Gasteiger partial charge on any atom is -0.496 e. The van der Waals surface area contributed by atoms with Gasteiger partial charge < -0.3 is 19.7 Å². The number of nitrogens with zero attached hydrogens (tertiary/aromatic N) is 1. The van der Waals surface area contributed by atoms with Crippen molar-refractivity contribution in [2.45, 2.75) is 0 Å². The molecule has 2 N–H and O–H groups in total. The maximum absolute atomic E-state index is 13.6. The van der Waals surface area contributed by atoms with Crippen molar-refractivity contribution in [3.05, 3.63) is 24.1 Å². The zero-order valence-corrected chi connectivity index (χ0v) is 9.36. The molecule has 1 heterocycles. The van der Waals surface area contributed by atoms with Crippen LogP contribution in [0.25, 0.3) is 11.1 Å². The molecule has 90 valence electrons. The third-order valence-corrected chi connectivity index (χ3v) is 2.36. The Morgan fingerprint density at radius 3 is 2.59 bits per heavy atom. The van der Waals surface area contributed by atoms with Crippen LogP contribution in [0.4, 0.5) is 10.3 Å². The third kappa shape index (κ3) is 1.77. The van der Waals surface area contributed by atoms with E-state index in [1.807, 2.05) is 0 Å². The van der Waals surface area contributed by atoms with Crippen LogP contribution < -0.4 is 15.2 Å². The molecule has 17 heavy (non-hydrogen) atoms. The molecule has 0 aliphatic carbocycles. The molecule has 0 bridgehead atoms. The Bertz CT molecular complexity index is 540. The van der Waals surface area contributed by atoms with E-state index in [4.69, 9.17) is 19.7 Å². The Kier molecular flexibility index (Phi) is 2.86. The monoisotopic (exact) mass is 238 g/mol. The van der Waals surface area contributed by atoms with Gasteiger partial charge in [0.15, 0.2) is 11.6 Å². The molecule has 1 aromatic heterocycles. The van der Waals surface area contributed by atoms with E-state index in [0.29, 0.717) is 16.9 Å². The van der Waals surface area contributed by atoms with Gasteiger partial charge in [-0.15, -0.1) is 0 Å². The zero-order valence-electron chi connectivity index (χ0n) is 9.36. The number of nitrogens with two attached hydrogens (primary N) is 1. The summed E-state index contributed by atoms with van der Waals surface area (Å²) in [6.45, 7) is 0. The standard InChI is InChI=1S/C11H11FN2O3/c1-15-8-4-3-7(12)10(16-2)9(8)6-5-14-17-11(6)13/h3-5H,13H2,1-2H3. The minimum absolute atomic E-state index is 0.0410. The van der Waals surface area contributed by atoms with E-state index in [1.165, 1.54) is 32.5 Å². The van der Waals surface area contributed by atoms with E-state index in [0.717, 1.165) is 0 Å². The van der Waals surface area contributed by atoms with E-state index in [9.17, 15) is 4.39 Å². The molecule has 0 amide bonds. The number of hydrogen-bond acceptors (Lipinski definition) is 5. The quantitative estimate of drug-likeness (QED) is 0.886. The Morgan fingerprint density at radius 1 is 1.29 bits per heavy atom. The van der Waals surface area contributed by atoms with Crippen LogP contribution in [0.1, 0.15) is 0 Å². The average Bonchev–Trinajstić information content (AvgIpc) is 2.74. The molecule has 1 aromatic carbocycles. The van der Waals surface area contributed by atoms with Gasteiger partial charge in [0.05, 0.1) is 31.5 Å². The van der Waals surface area contributed by atoms with Crippen LogP contribution in [0.3, 0.4) is 0 Å². The number of anilines is 1. The molecule has 0 radical (unpaired) electrons. The maximum Gasteiger partial charge on any atom is 0.230 e. The lowest BCUT2D eigenvalue weighted by atomic mass is 10.1. The molecule has 0 saturated carbocycles. The van der Waals surface area contributed by atoms with Crippen molar-refractivity contribution >= 4 is 5.88 Å². The number of nitrogen functional groups attached to an aromatic ring is 1. The van der Waals surface area contributed by atoms with Crippen LogP contribution in [0.2, 0.25) is 0 Å². The number of methoxy groups -OCH3 is 2. The summed E-state index contributed by atoms with van der Waals surface area (Å²) in [6, 6.07) is 2.74. The molecule has 0 unspecified atom stereocenters. The third-order valence-electron chi connectivity index (χ3n) is 2.36. The summed E-state index contributed by atoms with van der Waals surface area (Å²) >= 11 is 0. The number of ether oxygens (including phenoxy) is 2. The molecule has 0 spiro atoms. The van der Waals surface area contributed by atoms with E-state index >= 15 is 0 Å². The SMILES string of the molecule is COc1ccc(F)c(OC)c1-c1cnoc1N. The van der Waals surface area contributed by atoms with Crippen molar-refractivity contribution in [3.63, 3.8) is 0 Å². The molecular weight excluding hydrogens is 227 g/mol. The van der Waals surface area contributed by atoms with Crippen LogP contribution in [-0.4, -0.2) is 19.4 Å². The second-order valence-corrected chi connectivity index (χ2v) is 3.26. The van der Waals surface area contributed by atoms with E-state index in [-0.39, 0.29) is 11.6 Å². The summed E-state index contributed by atoms with van der Waals surface area (Å²) in [4.78, 5) is 0. The first kappa shape index (κ1) is 11.3. The van der Waals surface area contributed by atoms with Gasteiger partial charge in [0.2, 0.25) is 5.88 Å². The maximum atomic E-state index is 13.6. The number of hydrogen-bond donors (Lipinski definition) is 1. The highest BCUT2D eigenvalue weighted by molar-refractivity contribution is 5.82. The van der Waals surface area contributed by atoms with Crippen LogP contribution in [0.5, 0.6) is 11.5 Å². The first-order chi connectivity index (χ1) is 8.19. The van der Waals surface area contributed by atoms with Crippen molar-refractivity contribution < 1.29 is 18.4 Å². The summed E-state index contributed by atoms with van der Waals surface area (Å²) < 4.78 is 28.5. The lowest BCUT2D eigenvalue weighted by Gasteiger charge is -2.12. The Balaban J connectivity index is 2.73. The minimum atomic E-state index is -0.510. The number of benzene rings is 1. The highest BCUT2D eigenvalue weighted by atomic mass is 19.1. The van der Waals surface area contributed by atoms with E-state index in [1.54, 1.807) is 0 Å². The molecule has 0 atom stereocenters. The predicted molar refractivity (Wildman–Crippen MR) is 59.4 cm³/mol. The van der Waals surface area contributed by atoms with Gasteiger partial charge in [-0.1, -0.05) is 5.16 Å². The molecule has 0 aliphatic rings. The predicted octanol–water partition coefficient (Wildman–Crippen LogP) is 2.08. The summed E-state index contributed by atoms with van der Waals surface area (Å²) in [6.07, 6.45) is 1.38. The van der Waals surface area contributed by atoms with Gasteiger partial charge >= 0.3 is 0 Å². The lowest BCUT2D eigenvalue weighted by molar-refractivity contribution is 0.377. The highest BCUT2D eigenvalue weighted by Crippen LogP contribution is 2.42. The normalized spacial score (nSPS) is 10.3. The van der Waals surface area contributed by atoms with Gasteiger partial charge in [-0.3, -0.25) is 0 Å². The fourth-order valence-corrected chi connectivity index (χ4v) is 1.60. The Labute approximate surface area is 96.9 Å². The average molecular weight is 238 g/mol. The Hall–Kier alpha value is -2.24. The molecule has 6 heteroatoms. The second-order valence-electron chi connectivity index (χ2n) is 3.26. The second kappa shape index (κ2) is 4.32. The summed E-state index contributed by atoms with van der Waals surface area (Å²) in [5.74, 6) is 0.0356. The summed E-state index contributed by atoms with van der Waals surface area (Å²) in [5, 5.41) is 3.55. The summed E-state index contributed by atoms with van der Waals surface area (Å²) in [7, 11) is 2.84. The fourth-order valence-electron chi connectivity index (χ4n) is 1.60. The van der Waals surface area contributed by atoms with Crippen molar-refractivity contribution in [1.82, 2.24) is 5.16 Å². The molecule has 2 aromatic rings. The number of halogens is 1. The van der Waals surface area contributed by atoms with Gasteiger partial charge in [0.25, 0.3) is 0 Å². The van der Waals surface area contributed by atoms with Crippen molar-refractivity contribution in [1.29, 1.82) is 0 Å². The van der Waals surface area contributed by atoms with E-state index in [2.05, 4.69) is 5.16 Å². The summed E-state index contributed by atoms with van der Waals surface area (Å²) in [5.41, 5.74) is 6.42. The zero-order chi connectivity index (χ0) is 12.4. The first-order valence-electron chi connectivity index (χ1n) is 4.80. The largest absolute Gasteiger partial charge is 0.496 e. The molecule has 2 rings (SSSR count). The molecule has 0 fully saturated rings. The highest BCUT2D eigenvalue weighted by Gasteiger charge is 2.21. The van der Waals surface area contributed by atoms with Gasteiger partial charge in [-0.2, -0.15) is 0 Å². The Morgan fingerprint density at radius 2 is 2.06 bits per heavy atom. The lowest BCUT2D eigenvalue weighted by Crippen LogP contribution is -1.97. The van der Waals surface area contributed by atoms with Crippen LogP contribution in [0.15, 0.2) is 22.9 Å². The topological polar surface area (TPSA) is 70.5 Å². The first-order valence-corrected chi connectivity index (χ1v) is 4.80. The molecule has 5 nitrogen and oxygen atoms in total. The molecular formula is C11H11FN2O3. The van der Waals surface area contributed by atoms with Gasteiger partial charge in [-0.05, 0) is 12.1 Å². The van der Waals surface area contributed by atoms with Gasteiger partial charge in [0.1, 0.15) is 5.75 Å². The number of aromatic nitrogens is 1. The fraction of sp³-hybridized carbons (Fsp3) is 0.182. The molecule has 0 aliphatic heterocycles. The van der Waals surface area contributed by atoms with E-state index < -0.39 is 5.82 Å². The van der Waals surface area contributed by atoms with Crippen LogP contribution in [-0.2, 0) is 0 Å². The van der Waals surface area contributed by atoms with Crippen molar-refractivity contribution in [3.8, 4) is 22.6 Å². The van der Waals surface area contributed by atoms with Gasteiger partial charge in [-0.25, -0.2) is 4.39 Å². The van der Waals surface area contributed by atoms with Gasteiger partial charge in [0, 0.05) is 0 Å². The molecule has 0 saturated heterocycles. The van der Waals surface area contributed by atoms with Crippen LogP contribution >= 0.6 is 0 Å². The van der Waals surface area contributed by atoms with Crippen molar-refractivity contribution in [2.75, 3.05) is 20.0 Å². The number of rotatable bonds is 3.